The smallest absolute Gasteiger partial charge is 0.274 e. The summed E-state index contributed by atoms with van der Waals surface area (Å²) in [6.45, 7) is 1.55. The minimum absolute atomic E-state index is 0.353. The second-order valence-corrected chi connectivity index (χ2v) is 2.72. The number of nitrogens with one attached hydrogen (secondary N) is 1. The Hall–Kier alpha value is -1.62. The summed E-state index contributed by atoms with van der Waals surface area (Å²) in [6, 6.07) is 5.38. The number of rotatable bonds is 3. The molecule has 0 heterocycles. The van der Waals surface area contributed by atoms with Gasteiger partial charge in [-0.25, -0.2) is 10.2 Å². The molecule has 0 unspecified atom stereocenters. The third-order valence-corrected chi connectivity index (χ3v) is 1.64. The minimum Gasteiger partial charge on any atom is -0.481 e. The molecule has 0 fully saturated rings. The van der Waals surface area contributed by atoms with Gasteiger partial charge in [-0.2, -0.15) is 0 Å². The molecule has 0 aliphatic rings. The molecule has 0 radical (unpaired) electrons. The van der Waals surface area contributed by atoms with E-state index in [0.29, 0.717) is 5.75 Å². The zero-order chi connectivity index (χ0) is 10.6. The maximum Gasteiger partial charge on any atom is 0.274 e. The van der Waals surface area contributed by atoms with E-state index in [1.54, 1.807) is 6.92 Å². The first-order valence-electron chi connectivity index (χ1n) is 4.06. The molecule has 14 heavy (non-hydrogen) atoms. The molecule has 1 amide bonds. The molecule has 1 rings (SSSR count). The van der Waals surface area contributed by atoms with Crippen LogP contribution in [0.5, 0.6) is 5.75 Å². The van der Waals surface area contributed by atoms with Crippen LogP contribution in [0.4, 0.5) is 4.39 Å². The van der Waals surface area contributed by atoms with Crippen molar-refractivity contribution in [1.82, 2.24) is 5.43 Å². The third-order valence-electron chi connectivity index (χ3n) is 1.64. The average molecular weight is 198 g/mol. The van der Waals surface area contributed by atoms with Crippen LogP contribution in [0.2, 0.25) is 0 Å². The van der Waals surface area contributed by atoms with Crippen molar-refractivity contribution in [2.45, 2.75) is 13.0 Å². The van der Waals surface area contributed by atoms with Crippen LogP contribution in [0, 0.1) is 5.82 Å². The molecule has 1 aromatic carbocycles. The molecular weight excluding hydrogens is 187 g/mol. The van der Waals surface area contributed by atoms with Gasteiger partial charge >= 0.3 is 0 Å². The molecule has 0 saturated heterocycles. The highest BCUT2D eigenvalue weighted by atomic mass is 19.1. The number of carbonyl (C=O) groups is 1. The Morgan fingerprint density at radius 1 is 1.50 bits per heavy atom. The van der Waals surface area contributed by atoms with Gasteiger partial charge in [0.15, 0.2) is 6.10 Å². The highest BCUT2D eigenvalue weighted by molar-refractivity contribution is 5.79. The summed E-state index contributed by atoms with van der Waals surface area (Å²) in [7, 11) is 0. The number of benzene rings is 1. The van der Waals surface area contributed by atoms with Crippen molar-refractivity contribution in [3.8, 4) is 5.75 Å². The van der Waals surface area contributed by atoms with Crippen molar-refractivity contribution in [2.75, 3.05) is 0 Å². The topological polar surface area (TPSA) is 64.3 Å². The van der Waals surface area contributed by atoms with Crippen LogP contribution in [0.1, 0.15) is 6.92 Å². The van der Waals surface area contributed by atoms with Gasteiger partial charge in [0.2, 0.25) is 0 Å². The summed E-state index contributed by atoms with van der Waals surface area (Å²) in [5, 5.41) is 0. The van der Waals surface area contributed by atoms with E-state index in [9.17, 15) is 9.18 Å². The fraction of sp³-hybridized carbons (Fsp3) is 0.222. The molecule has 0 bridgehead atoms. The molecule has 5 heteroatoms. The van der Waals surface area contributed by atoms with Gasteiger partial charge < -0.3 is 4.74 Å². The number of hydrogen-bond donors (Lipinski definition) is 2. The highest BCUT2D eigenvalue weighted by Gasteiger charge is 2.12. The molecule has 1 aromatic rings. The van der Waals surface area contributed by atoms with Gasteiger partial charge in [-0.05, 0) is 31.2 Å². The lowest BCUT2D eigenvalue weighted by molar-refractivity contribution is -0.127. The van der Waals surface area contributed by atoms with Gasteiger partial charge in [-0.1, -0.05) is 0 Å². The van der Waals surface area contributed by atoms with Crippen molar-refractivity contribution >= 4 is 5.91 Å². The molecule has 0 aliphatic heterocycles. The van der Waals surface area contributed by atoms with Crippen LogP contribution >= 0.6 is 0 Å². The predicted molar refractivity (Wildman–Crippen MR) is 48.8 cm³/mol. The number of hydrazine groups is 1. The Kier molecular flexibility index (Phi) is 3.41. The zero-order valence-corrected chi connectivity index (χ0v) is 7.66. The Labute approximate surface area is 80.8 Å². The Bertz CT molecular complexity index is 313. The molecular formula is C9H11FN2O2. The van der Waals surface area contributed by atoms with Gasteiger partial charge in [-0.15, -0.1) is 0 Å². The van der Waals surface area contributed by atoms with Crippen LogP contribution in [-0.4, -0.2) is 12.0 Å². The lowest BCUT2D eigenvalue weighted by atomic mass is 10.3. The molecule has 76 valence electrons. The summed E-state index contributed by atoms with van der Waals surface area (Å²) >= 11 is 0. The standard InChI is InChI=1S/C9H11FN2O2/c1-6(9(13)12-11)14-8-4-2-7(10)3-5-8/h2-6H,11H2,1H3,(H,12,13)/t6-/m0/s1. The lowest BCUT2D eigenvalue weighted by Crippen LogP contribution is -2.40. The van der Waals surface area contributed by atoms with E-state index in [0.717, 1.165) is 0 Å². The fourth-order valence-corrected chi connectivity index (χ4v) is 0.888. The van der Waals surface area contributed by atoms with Crippen molar-refractivity contribution < 1.29 is 13.9 Å². The van der Waals surface area contributed by atoms with Crippen molar-refractivity contribution in [2.24, 2.45) is 5.84 Å². The molecule has 1 atom stereocenters. The van der Waals surface area contributed by atoms with Gasteiger partial charge in [0.05, 0.1) is 0 Å². The van der Waals surface area contributed by atoms with E-state index < -0.39 is 12.0 Å². The van der Waals surface area contributed by atoms with Gasteiger partial charge in [-0.3, -0.25) is 10.2 Å². The van der Waals surface area contributed by atoms with Crippen LogP contribution in [0.25, 0.3) is 0 Å². The number of nitrogens with two attached hydrogens (primary N) is 1. The second-order valence-electron chi connectivity index (χ2n) is 2.72. The van der Waals surface area contributed by atoms with E-state index in [-0.39, 0.29) is 5.82 Å². The van der Waals surface area contributed by atoms with Gasteiger partial charge in [0.1, 0.15) is 11.6 Å². The van der Waals surface area contributed by atoms with Crippen LogP contribution in [0.15, 0.2) is 24.3 Å². The molecule has 4 nitrogen and oxygen atoms in total. The first kappa shape index (κ1) is 10.5. The summed E-state index contributed by atoms with van der Waals surface area (Å²) in [5.41, 5.74) is 1.96. The first-order chi connectivity index (χ1) is 6.63. The number of carbonyl (C=O) groups excluding carboxylic acids is 1. The number of amides is 1. The Balaban J connectivity index is 2.60. The van der Waals surface area contributed by atoms with Crippen molar-refractivity contribution in [3.05, 3.63) is 30.1 Å². The summed E-state index contributed by atoms with van der Waals surface area (Å²) in [4.78, 5) is 10.9. The quantitative estimate of drug-likeness (QED) is 0.424. The zero-order valence-electron chi connectivity index (χ0n) is 7.66. The van der Waals surface area contributed by atoms with Crippen molar-refractivity contribution in [3.63, 3.8) is 0 Å². The van der Waals surface area contributed by atoms with Crippen LogP contribution in [-0.2, 0) is 4.79 Å². The summed E-state index contributed by atoms with van der Waals surface area (Å²) < 4.78 is 17.7. The molecule has 0 spiro atoms. The predicted octanol–water partition coefficient (Wildman–Crippen LogP) is 0.583. The van der Waals surface area contributed by atoms with E-state index in [1.165, 1.54) is 24.3 Å². The fourth-order valence-electron chi connectivity index (χ4n) is 0.888. The summed E-state index contributed by atoms with van der Waals surface area (Å²) in [5.74, 6) is 4.54. The third kappa shape index (κ3) is 2.70. The maximum absolute atomic E-state index is 12.5. The van der Waals surface area contributed by atoms with E-state index in [4.69, 9.17) is 10.6 Å². The molecule has 0 aliphatic carbocycles. The normalized spacial score (nSPS) is 11.9. The van der Waals surface area contributed by atoms with Crippen LogP contribution in [0.3, 0.4) is 0 Å². The number of ether oxygens (including phenoxy) is 1. The van der Waals surface area contributed by atoms with E-state index in [1.807, 2.05) is 5.43 Å². The van der Waals surface area contributed by atoms with Gasteiger partial charge in [0, 0.05) is 0 Å². The molecule has 0 saturated carbocycles. The van der Waals surface area contributed by atoms with Gasteiger partial charge in [0.25, 0.3) is 5.91 Å². The SMILES string of the molecule is C[C@H](Oc1ccc(F)cc1)C(=O)NN. The lowest BCUT2D eigenvalue weighted by Gasteiger charge is -2.12. The Morgan fingerprint density at radius 3 is 2.57 bits per heavy atom. The van der Waals surface area contributed by atoms with Crippen molar-refractivity contribution in [1.29, 1.82) is 0 Å². The number of halogens is 1. The highest BCUT2D eigenvalue weighted by Crippen LogP contribution is 2.12. The van der Waals surface area contributed by atoms with E-state index >= 15 is 0 Å². The Morgan fingerprint density at radius 2 is 2.07 bits per heavy atom. The second kappa shape index (κ2) is 4.57. The molecule has 0 aromatic heterocycles. The maximum atomic E-state index is 12.5. The first-order valence-corrected chi connectivity index (χ1v) is 4.06. The largest absolute Gasteiger partial charge is 0.481 e. The number of hydrogen-bond acceptors (Lipinski definition) is 3. The van der Waals surface area contributed by atoms with Crippen LogP contribution < -0.4 is 16.0 Å². The minimum atomic E-state index is -0.703. The monoisotopic (exact) mass is 198 g/mol. The molecule has 3 N–H and O–H groups in total. The average Bonchev–Trinajstić information content (AvgIpc) is 2.20. The van der Waals surface area contributed by atoms with E-state index in [2.05, 4.69) is 0 Å². The summed E-state index contributed by atoms with van der Waals surface area (Å²) in [6.07, 6.45) is -0.703.